The maximum absolute atomic E-state index is 5.97. The number of para-hydroxylation sites is 9. The molecule has 0 aliphatic rings. The summed E-state index contributed by atoms with van der Waals surface area (Å²) in [6.07, 6.45) is 6.41. The maximum atomic E-state index is 5.97. The minimum atomic E-state index is 0.483. The predicted molar refractivity (Wildman–Crippen MR) is 375 cm³/mol. The van der Waals surface area contributed by atoms with Gasteiger partial charge in [-0.2, -0.15) is 0 Å². The molecule has 0 aliphatic heterocycles. The summed E-state index contributed by atoms with van der Waals surface area (Å²) in [5.41, 5.74) is 18.2. The van der Waals surface area contributed by atoms with E-state index in [2.05, 4.69) is 315 Å². The van der Waals surface area contributed by atoms with Gasteiger partial charge in [0.25, 0.3) is 0 Å². The van der Waals surface area contributed by atoms with Crippen LogP contribution in [-0.4, -0.2) is 37.8 Å². The van der Waals surface area contributed by atoms with Crippen LogP contribution in [0.15, 0.2) is 292 Å². The van der Waals surface area contributed by atoms with Crippen molar-refractivity contribution < 1.29 is 0 Å². The van der Waals surface area contributed by atoms with E-state index in [-0.39, 0.29) is 0 Å². The average Bonchev–Trinajstić information content (AvgIpc) is 1.39. The van der Waals surface area contributed by atoms with Gasteiger partial charge in [-0.05, 0) is 67.6 Å². The summed E-state index contributed by atoms with van der Waals surface area (Å²) >= 11 is 0. The third-order valence-electron chi connectivity index (χ3n) is 18.2. The number of benzene rings is 12. The van der Waals surface area contributed by atoms with Gasteiger partial charge in [0, 0.05) is 65.2 Å². The Balaban J connectivity index is 1.26. The molecule has 0 unspecified atom stereocenters. The lowest BCUT2D eigenvalue weighted by Crippen LogP contribution is -2.19. The van der Waals surface area contributed by atoms with Crippen LogP contribution >= 0.6 is 0 Å². The van der Waals surface area contributed by atoms with Gasteiger partial charge in [0.2, 0.25) is 0 Å². The summed E-state index contributed by atoms with van der Waals surface area (Å²) in [4.78, 5) is 17.4. The molecular weight excluding hydrogens is 1100 g/mol. The van der Waals surface area contributed by atoms with E-state index in [1.54, 1.807) is 0 Å². The molecule has 6 aromatic heterocycles. The lowest BCUT2D eigenvalue weighted by atomic mass is 9.99. The Morgan fingerprint density at radius 3 is 0.822 bits per heavy atom. The number of hydrogen-bond donors (Lipinski definition) is 0. The summed E-state index contributed by atoms with van der Waals surface area (Å²) < 4.78 is 12.7. The molecule has 0 amide bonds. The van der Waals surface area contributed by atoms with Crippen molar-refractivity contribution in [2.75, 3.05) is 0 Å². The van der Waals surface area contributed by atoms with Crippen molar-refractivity contribution in [1.29, 1.82) is 0 Å². The van der Waals surface area contributed by atoms with E-state index >= 15 is 0 Å². The molecule has 0 radical (unpaired) electrons. The number of fused-ring (bicyclic) bond motifs is 13. The van der Waals surface area contributed by atoms with Crippen LogP contribution in [0.2, 0.25) is 0 Å². The smallest absolute Gasteiger partial charge is 0.168 e. The molecule has 8 nitrogen and oxygen atoms in total. The lowest BCUT2D eigenvalue weighted by Gasteiger charge is -2.31. The third-order valence-corrected chi connectivity index (χ3v) is 18.2. The van der Waals surface area contributed by atoms with Crippen molar-refractivity contribution in [2.24, 2.45) is 0 Å². The Kier molecular flexibility index (Phi) is 11.5. The summed E-state index contributed by atoms with van der Waals surface area (Å²) in [5.74, 6) is 1.57. The zero-order valence-electron chi connectivity index (χ0n) is 49.1. The van der Waals surface area contributed by atoms with E-state index in [1.165, 1.54) is 0 Å². The molecule has 422 valence electrons. The highest BCUT2D eigenvalue weighted by molar-refractivity contribution is 6.18. The highest BCUT2D eigenvalue weighted by atomic mass is 15.2. The zero-order valence-corrected chi connectivity index (χ0v) is 49.1. The van der Waals surface area contributed by atoms with Crippen LogP contribution in [0.1, 0.15) is 18.2 Å². The summed E-state index contributed by atoms with van der Waals surface area (Å²) in [6.45, 7) is 6.72. The molecule has 8 heteroatoms. The van der Waals surface area contributed by atoms with Gasteiger partial charge in [-0.3, -0.25) is 0 Å². The van der Waals surface area contributed by atoms with Gasteiger partial charge in [-0.15, -0.1) is 0 Å². The molecule has 12 aromatic carbocycles. The fourth-order valence-electron chi connectivity index (χ4n) is 14.6. The number of allylic oxidation sites excluding steroid dienone is 1. The van der Waals surface area contributed by atoms with Crippen LogP contribution in [0, 0.1) is 0 Å². The molecule has 6 heterocycles. The Morgan fingerprint density at radius 1 is 0.267 bits per heavy atom. The second-order valence-corrected chi connectivity index (χ2v) is 23.0. The van der Waals surface area contributed by atoms with Crippen molar-refractivity contribution in [3.63, 3.8) is 0 Å². The molecule has 0 bridgehead atoms. The Bertz CT molecular complexity index is 5740. The SMILES string of the molecule is C=Cc1c(/C=C\C)n(-c2c(-c3nc(-c4ccccc4)nc(-c4ccccc4)n3)c(-n3c4ccccc4c4ccccc43)c(-n3c4ccccc4c4ccccc43)c(-n3c4ccccc4c4ccccc43)c2-n2c3ccccc3c3ccccc32)c2ccccc12. The first-order valence-corrected chi connectivity index (χ1v) is 30.6. The van der Waals surface area contributed by atoms with Crippen molar-refractivity contribution in [3.05, 3.63) is 303 Å². The molecule has 18 rings (SSSR count). The maximum Gasteiger partial charge on any atom is 0.168 e. The first kappa shape index (κ1) is 51.1. The van der Waals surface area contributed by atoms with Gasteiger partial charge >= 0.3 is 0 Å². The van der Waals surface area contributed by atoms with Crippen molar-refractivity contribution >= 4 is 110 Å². The van der Waals surface area contributed by atoms with Gasteiger partial charge in [-0.25, -0.2) is 15.0 Å². The molecule has 18 aromatic rings. The Labute approximate surface area is 517 Å². The highest BCUT2D eigenvalue weighted by Gasteiger charge is 2.38. The lowest BCUT2D eigenvalue weighted by molar-refractivity contribution is 0.977. The Morgan fingerprint density at radius 2 is 0.511 bits per heavy atom. The topological polar surface area (TPSA) is 63.3 Å². The van der Waals surface area contributed by atoms with E-state index in [1.807, 2.05) is 18.2 Å². The van der Waals surface area contributed by atoms with Gasteiger partial charge in [0.15, 0.2) is 17.5 Å². The third kappa shape index (κ3) is 7.39. The second-order valence-electron chi connectivity index (χ2n) is 23.0. The highest BCUT2D eigenvalue weighted by Crippen LogP contribution is 2.54. The van der Waals surface area contributed by atoms with E-state index < -0.39 is 0 Å². The van der Waals surface area contributed by atoms with Crippen LogP contribution in [0.25, 0.3) is 173 Å². The normalized spacial score (nSPS) is 12.1. The molecule has 0 atom stereocenters. The van der Waals surface area contributed by atoms with Gasteiger partial charge in [-0.1, -0.05) is 243 Å². The van der Waals surface area contributed by atoms with E-state index in [0.29, 0.717) is 17.5 Å². The Hall–Kier alpha value is -12.1. The molecular formula is C82H54N8. The van der Waals surface area contributed by atoms with E-state index in [9.17, 15) is 0 Å². The van der Waals surface area contributed by atoms with Crippen LogP contribution in [0.5, 0.6) is 0 Å². The van der Waals surface area contributed by atoms with Crippen molar-refractivity contribution in [3.8, 4) is 62.6 Å². The first-order valence-electron chi connectivity index (χ1n) is 30.6. The zero-order chi connectivity index (χ0) is 59.6. The summed E-state index contributed by atoms with van der Waals surface area (Å²) in [6, 6.07) is 101. The van der Waals surface area contributed by atoms with Crippen molar-refractivity contribution in [2.45, 2.75) is 6.92 Å². The summed E-state index contributed by atoms with van der Waals surface area (Å²) in [7, 11) is 0. The van der Waals surface area contributed by atoms with Crippen molar-refractivity contribution in [1.82, 2.24) is 37.8 Å². The van der Waals surface area contributed by atoms with Gasteiger partial charge < -0.3 is 22.8 Å². The molecule has 0 N–H and O–H groups in total. The van der Waals surface area contributed by atoms with Crippen LogP contribution in [-0.2, 0) is 0 Å². The standard InChI is InChI=1S/C82H54N8/c1-3-29-64-54(4-2)55-34-11-20-43-65(55)86(64)75-74(82-84-80(52-30-7-5-8-31-52)83-81(85-82)53-32-9-6-10-33-53)76(87-66-44-21-12-35-56(66)57-36-13-22-45-67(57)87)78(89-70-48-25-16-39-60(70)61-40-17-26-49-71(61)89)79(90-72-50-27-18-41-62(72)63-42-19-28-51-73(63)90)77(75)88-68-46-23-14-37-58(68)59-38-15-24-47-69(59)88/h3-51H,2H2,1H3/b29-3-. The molecule has 90 heavy (non-hydrogen) atoms. The molecule has 0 saturated carbocycles. The largest absolute Gasteiger partial charge is 0.306 e. The number of aromatic nitrogens is 8. The van der Waals surface area contributed by atoms with Gasteiger partial charge in [0.1, 0.15) is 0 Å². The monoisotopic (exact) mass is 1150 g/mol. The molecule has 0 saturated heterocycles. The first-order chi connectivity index (χ1) is 44.7. The average molecular weight is 1150 g/mol. The fraction of sp³-hybridized carbons (Fsp3) is 0.0122. The number of nitrogens with zero attached hydrogens (tertiary/aromatic N) is 8. The van der Waals surface area contributed by atoms with E-state index in [4.69, 9.17) is 15.0 Å². The molecule has 0 spiro atoms. The van der Waals surface area contributed by atoms with E-state index in [0.717, 1.165) is 155 Å². The number of hydrogen-bond acceptors (Lipinski definition) is 3. The predicted octanol–water partition coefficient (Wildman–Crippen LogP) is 20.9. The second kappa shape index (κ2) is 20.2. The van der Waals surface area contributed by atoms with Crippen LogP contribution < -0.4 is 0 Å². The molecule has 0 aliphatic carbocycles. The molecule has 0 fully saturated rings. The number of rotatable bonds is 10. The minimum absolute atomic E-state index is 0.483. The van der Waals surface area contributed by atoms with Crippen LogP contribution in [0.4, 0.5) is 0 Å². The van der Waals surface area contributed by atoms with Gasteiger partial charge in [0.05, 0.1) is 89.3 Å². The van der Waals surface area contributed by atoms with Crippen LogP contribution in [0.3, 0.4) is 0 Å². The quantitative estimate of drug-likeness (QED) is 0.137. The fourth-order valence-corrected chi connectivity index (χ4v) is 14.6. The minimum Gasteiger partial charge on any atom is -0.306 e. The summed E-state index contributed by atoms with van der Waals surface area (Å²) in [5, 5.41) is 10.0.